The Morgan fingerprint density at radius 2 is 1.97 bits per heavy atom. The van der Waals surface area contributed by atoms with Crippen LogP contribution >= 0.6 is 11.6 Å². The lowest BCUT2D eigenvalue weighted by Crippen LogP contribution is -2.33. The molecule has 1 aromatic heterocycles. The molecular formula is C22H23ClFN3O4. The Morgan fingerprint density at radius 3 is 2.71 bits per heavy atom. The molecule has 1 aliphatic heterocycles. The van der Waals surface area contributed by atoms with Crippen LogP contribution in [0.15, 0.2) is 30.5 Å². The number of likely N-dealkylation sites (tertiary alicyclic amines) is 1. The summed E-state index contributed by atoms with van der Waals surface area (Å²) in [5.41, 5.74) is 0.534. The minimum Gasteiger partial charge on any atom is -0.506 e. The highest BCUT2D eigenvalue weighted by atomic mass is 35.5. The van der Waals surface area contributed by atoms with Crippen molar-refractivity contribution in [2.45, 2.75) is 18.9 Å². The number of phenolic OH excluding ortho intramolecular Hbond substituents is 1. The fourth-order valence-corrected chi connectivity index (χ4v) is 3.80. The molecule has 9 heteroatoms. The van der Waals surface area contributed by atoms with E-state index in [1.165, 1.54) is 19.4 Å². The van der Waals surface area contributed by atoms with E-state index in [4.69, 9.17) is 21.1 Å². The van der Waals surface area contributed by atoms with Crippen LogP contribution in [-0.2, 0) is 0 Å². The van der Waals surface area contributed by atoms with Gasteiger partial charge in [-0.3, -0.25) is 0 Å². The molecule has 31 heavy (non-hydrogen) atoms. The molecule has 2 aromatic carbocycles. The lowest BCUT2D eigenvalue weighted by Gasteiger charge is -2.20. The standard InChI is InChI=1S/C22H23ClFN3O4/c1-30-20-6-13-10-25-22(15-7-19(29)16(23)8-17(15)24)26-18(13)9-21(20)31-12-14(28)11-27-4-2-3-5-27/h6-10,14,28-29H,2-5,11-12H2,1H3. The number of hydrogen-bond donors (Lipinski definition) is 2. The third kappa shape index (κ3) is 4.81. The first-order valence-electron chi connectivity index (χ1n) is 10.0. The number of fused-ring (bicyclic) bond motifs is 1. The summed E-state index contributed by atoms with van der Waals surface area (Å²) >= 11 is 5.75. The van der Waals surface area contributed by atoms with Gasteiger partial charge in [-0.1, -0.05) is 11.6 Å². The van der Waals surface area contributed by atoms with Gasteiger partial charge in [-0.15, -0.1) is 0 Å². The number of hydrogen-bond acceptors (Lipinski definition) is 7. The van der Waals surface area contributed by atoms with Gasteiger partial charge in [0.1, 0.15) is 24.3 Å². The zero-order valence-electron chi connectivity index (χ0n) is 17.0. The number of aliphatic hydroxyl groups is 1. The molecule has 0 saturated carbocycles. The highest BCUT2D eigenvalue weighted by molar-refractivity contribution is 6.32. The van der Waals surface area contributed by atoms with E-state index in [9.17, 15) is 14.6 Å². The number of β-amino-alcohol motifs (C(OH)–C–C–N with tert-alkyl or cyclic N) is 1. The fourth-order valence-electron chi connectivity index (χ4n) is 3.65. The number of halogens is 2. The van der Waals surface area contributed by atoms with Crippen LogP contribution in [0, 0.1) is 5.82 Å². The number of aromatic nitrogens is 2. The molecule has 0 bridgehead atoms. The van der Waals surface area contributed by atoms with Crippen molar-refractivity contribution in [1.82, 2.24) is 14.9 Å². The number of aliphatic hydroxyl groups excluding tert-OH is 1. The van der Waals surface area contributed by atoms with E-state index >= 15 is 0 Å². The molecule has 7 nitrogen and oxygen atoms in total. The SMILES string of the molecule is COc1cc2cnc(-c3cc(O)c(Cl)cc3F)nc2cc1OCC(O)CN1CCCC1. The maximum absolute atomic E-state index is 14.3. The zero-order chi connectivity index (χ0) is 22.0. The normalized spacial score (nSPS) is 15.4. The van der Waals surface area contributed by atoms with E-state index in [1.54, 1.807) is 12.1 Å². The van der Waals surface area contributed by atoms with E-state index in [0.717, 1.165) is 32.0 Å². The van der Waals surface area contributed by atoms with Crippen molar-refractivity contribution in [3.63, 3.8) is 0 Å². The van der Waals surface area contributed by atoms with E-state index in [-0.39, 0.29) is 28.8 Å². The molecule has 2 heterocycles. The number of phenols is 1. The average molecular weight is 448 g/mol. The second kappa shape index (κ2) is 9.21. The number of ether oxygens (including phenoxy) is 2. The van der Waals surface area contributed by atoms with Gasteiger partial charge >= 0.3 is 0 Å². The van der Waals surface area contributed by atoms with Crippen LogP contribution < -0.4 is 9.47 Å². The number of nitrogens with zero attached hydrogens (tertiary/aromatic N) is 3. The highest BCUT2D eigenvalue weighted by Gasteiger charge is 2.18. The van der Waals surface area contributed by atoms with Crippen molar-refractivity contribution in [3.05, 3.63) is 41.3 Å². The first kappa shape index (κ1) is 21.5. The summed E-state index contributed by atoms with van der Waals surface area (Å²) in [6, 6.07) is 5.59. The van der Waals surface area contributed by atoms with Gasteiger partial charge in [-0.2, -0.15) is 0 Å². The van der Waals surface area contributed by atoms with Crippen molar-refractivity contribution in [3.8, 4) is 28.6 Å². The lowest BCUT2D eigenvalue weighted by molar-refractivity contribution is 0.0747. The molecule has 0 spiro atoms. The minimum atomic E-state index is -0.642. The zero-order valence-corrected chi connectivity index (χ0v) is 17.8. The fraction of sp³-hybridized carbons (Fsp3) is 0.364. The maximum Gasteiger partial charge on any atom is 0.163 e. The first-order chi connectivity index (χ1) is 14.9. The average Bonchev–Trinajstić information content (AvgIpc) is 3.26. The maximum atomic E-state index is 14.3. The highest BCUT2D eigenvalue weighted by Crippen LogP contribution is 2.34. The number of rotatable bonds is 7. The Kier molecular flexibility index (Phi) is 6.41. The molecule has 1 aliphatic rings. The van der Waals surface area contributed by atoms with Crippen molar-refractivity contribution < 1.29 is 24.1 Å². The molecular weight excluding hydrogens is 425 g/mol. The number of benzene rings is 2. The topological polar surface area (TPSA) is 87.9 Å². The molecule has 0 amide bonds. The Labute approximate surface area is 184 Å². The predicted octanol–water partition coefficient (Wildman–Crippen LogP) is 3.64. The molecule has 0 aliphatic carbocycles. The summed E-state index contributed by atoms with van der Waals surface area (Å²) < 4.78 is 25.6. The molecule has 2 N–H and O–H groups in total. The summed E-state index contributed by atoms with van der Waals surface area (Å²) in [6.45, 7) is 2.65. The van der Waals surface area contributed by atoms with Crippen LogP contribution in [-0.4, -0.2) is 64.5 Å². The number of aromatic hydroxyl groups is 1. The Hall–Kier alpha value is -2.68. The summed E-state index contributed by atoms with van der Waals surface area (Å²) in [4.78, 5) is 10.8. The van der Waals surface area contributed by atoms with Crippen LogP contribution in [0.4, 0.5) is 4.39 Å². The molecule has 1 saturated heterocycles. The molecule has 1 atom stereocenters. The van der Waals surface area contributed by atoms with Gasteiger partial charge in [0.2, 0.25) is 0 Å². The predicted molar refractivity (Wildman–Crippen MR) is 115 cm³/mol. The van der Waals surface area contributed by atoms with Crippen molar-refractivity contribution in [2.75, 3.05) is 33.4 Å². The van der Waals surface area contributed by atoms with Crippen LogP contribution in [0.5, 0.6) is 17.2 Å². The Bertz CT molecular complexity index is 1090. The van der Waals surface area contributed by atoms with Crippen LogP contribution in [0.25, 0.3) is 22.3 Å². The quantitative estimate of drug-likeness (QED) is 0.571. The van der Waals surface area contributed by atoms with Gasteiger partial charge < -0.3 is 24.6 Å². The molecule has 0 radical (unpaired) electrons. The molecule has 3 aromatic rings. The van der Waals surface area contributed by atoms with E-state index < -0.39 is 11.9 Å². The van der Waals surface area contributed by atoms with Crippen molar-refractivity contribution >= 4 is 22.5 Å². The molecule has 164 valence electrons. The van der Waals surface area contributed by atoms with Crippen molar-refractivity contribution in [2.24, 2.45) is 0 Å². The second-order valence-electron chi connectivity index (χ2n) is 7.51. The van der Waals surface area contributed by atoms with Gasteiger partial charge in [-0.05, 0) is 44.1 Å². The van der Waals surface area contributed by atoms with Gasteiger partial charge in [0.25, 0.3) is 0 Å². The second-order valence-corrected chi connectivity index (χ2v) is 7.92. The molecule has 1 fully saturated rings. The summed E-state index contributed by atoms with van der Waals surface area (Å²) in [7, 11) is 1.52. The largest absolute Gasteiger partial charge is 0.506 e. The van der Waals surface area contributed by atoms with Crippen LogP contribution in [0.2, 0.25) is 5.02 Å². The monoisotopic (exact) mass is 447 g/mol. The van der Waals surface area contributed by atoms with Gasteiger partial charge in [0.15, 0.2) is 17.3 Å². The van der Waals surface area contributed by atoms with E-state index in [1.807, 2.05) is 0 Å². The summed E-state index contributed by atoms with van der Waals surface area (Å²) in [5.74, 6) is 0.0962. The smallest absolute Gasteiger partial charge is 0.163 e. The molecule has 1 unspecified atom stereocenters. The van der Waals surface area contributed by atoms with Gasteiger partial charge in [0, 0.05) is 24.2 Å². The third-order valence-corrected chi connectivity index (χ3v) is 5.54. The first-order valence-corrected chi connectivity index (χ1v) is 10.4. The Morgan fingerprint density at radius 1 is 1.19 bits per heavy atom. The van der Waals surface area contributed by atoms with Crippen molar-refractivity contribution in [1.29, 1.82) is 0 Å². The minimum absolute atomic E-state index is 0.0307. The van der Waals surface area contributed by atoms with E-state index in [0.29, 0.717) is 28.9 Å². The summed E-state index contributed by atoms with van der Waals surface area (Å²) in [6.07, 6.45) is 3.21. The third-order valence-electron chi connectivity index (χ3n) is 5.24. The van der Waals surface area contributed by atoms with Crippen LogP contribution in [0.3, 0.4) is 0 Å². The molecule has 4 rings (SSSR count). The number of methoxy groups -OCH3 is 1. The summed E-state index contributed by atoms with van der Waals surface area (Å²) in [5, 5.41) is 20.7. The van der Waals surface area contributed by atoms with Gasteiger partial charge in [-0.25, -0.2) is 14.4 Å². The van der Waals surface area contributed by atoms with E-state index in [2.05, 4.69) is 14.9 Å². The van der Waals surface area contributed by atoms with Crippen LogP contribution in [0.1, 0.15) is 12.8 Å². The lowest BCUT2D eigenvalue weighted by atomic mass is 10.1. The Balaban J connectivity index is 1.59. The van der Waals surface area contributed by atoms with Gasteiger partial charge in [0.05, 0.1) is 23.2 Å².